The first kappa shape index (κ1) is 15.9. The second-order valence-electron chi connectivity index (χ2n) is 2.69. The molecule has 0 bridgehead atoms. The summed E-state index contributed by atoms with van der Waals surface area (Å²) in [5, 5.41) is 0. The highest BCUT2D eigenvalue weighted by atomic mass is 79.9. The van der Waals surface area contributed by atoms with Gasteiger partial charge in [-0.3, -0.25) is 4.79 Å². The fraction of sp³-hybridized carbons (Fsp3) is 0.364. The van der Waals surface area contributed by atoms with Crippen molar-refractivity contribution in [3.8, 4) is 0 Å². The molecule has 90 valence electrons. The lowest BCUT2D eigenvalue weighted by molar-refractivity contribution is -0.140. The number of ether oxygens (including phenoxy) is 1. The van der Waals surface area contributed by atoms with E-state index >= 15 is 0 Å². The van der Waals surface area contributed by atoms with E-state index in [0.717, 1.165) is 10.2 Å². The fourth-order valence-corrected chi connectivity index (χ4v) is 3.05. The lowest BCUT2D eigenvalue weighted by Crippen LogP contribution is -2.00. The van der Waals surface area contributed by atoms with Crippen LogP contribution in [0, 0.1) is 0 Å². The predicted molar refractivity (Wildman–Crippen MR) is 75.8 cm³/mol. The van der Waals surface area contributed by atoms with Gasteiger partial charge in [-0.2, -0.15) is 0 Å². The standard InChI is InChI=1S/C10H11BrO2S2.CH4/c1-13-10(12)6-7-14-15-9-4-2-8(11)3-5-9;/h2-5H,6-7H2,1H3;1H4. The summed E-state index contributed by atoms with van der Waals surface area (Å²) in [4.78, 5) is 12.0. The van der Waals surface area contributed by atoms with Crippen molar-refractivity contribution in [2.75, 3.05) is 12.9 Å². The van der Waals surface area contributed by atoms with E-state index in [4.69, 9.17) is 0 Å². The van der Waals surface area contributed by atoms with Crippen LogP contribution in [0.4, 0.5) is 0 Å². The van der Waals surface area contributed by atoms with E-state index in [1.165, 1.54) is 12.0 Å². The van der Waals surface area contributed by atoms with Crippen molar-refractivity contribution in [2.24, 2.45) is 0 Å². The van der Waals surface area contributed by atoms with Gasteiger partial charge < -0.3 is 4.74 Å². The minimum absolute atomic E-state index is 0. The van der Waals surface area contributed by atoms with Crippen molar-refractivity contribution in [1.82, 2.24) is 0 Å². The molecule has 0 saturated carbocycles. The summed E-state index contributed by atoms with van der Waals surface area (Å²) in [5.74, 6) is 0.617. The average Bonchev–Trinajstić information content (AvgIpc) is 2.26. The van der Waals surface area contributed by atoms with Crippen LogP contribution in [-0.2, 0) is 9.53 Å². The van der Waals surface area contributed by atoms with E-state index < -0.39 is 0 Å². The number of carbonyl (C=O) groups is 1. The molecule has 1 aromatic carbocycles. The smallest absolute Gasteiger partial charge is 0.306 e. The third-order valence-corrected chi connectivity index (χ3v) is 4.50. The highest BCUT2D eigenvalue weighted by molar-refractivity contribution is 9.10. The van der Waals surface area contributed by atoms with Gasteiger partial charge in [-0.25, -0.2) is 0 Å². The Morgan fingerprint density at radius 2 is 2.00 bits per heavy atom. The quantitative estimate of drug-likeness (QED) is 0.456. The Labute approximate surface area is 113 Å². The first-order chi connectivity index (χ1) is 7.22. The van der Waals surface area contributed by atoms with E-state index in [1.807, 2.05) is 24.3 Å². The van der Waals surface area contributed by atoms with Gasteiger partial charge in [-0.1, -0.05) is 44.9 Å². The summed E-state index contributed by atoms with van der Waals surface area (Å²) < 4.78 is 5.63. The second kappa shape index (κ2) is 8.96. The van der Waals surface area contributed by atoms with E-state index in [0.29, 0.717) is 6.42 Å². The maximum absolute atomic E-state index is 10.8. The first-order valence-corrected chi connectivity index (χ1v) is 7.45. The zero-order valence-electron chi connectivity index (χ0n) is 8.23. The molecule has 0 aliphatic carbocycles. The largest absolute Gasteiger partial charge is 0.469 e. The molecule has 0 aromatic heterocycles. The van der Waals surface area contributed by atoms with Crippen LogP contribution in [-0.4, -0.2) is 18.8 Å². The highest BCUT2D eigenvalue weighted by Gasteiger charge is 2.00. The van der Waals surface area contributed by atoms with Crippen LogP contribution in [0.2, 0.25) is 0 Å². The van der Waals surface area contributed by atoms with Crippen molar-refractivity contribution >= 4 is 43.5 Å². The lowest BCUT2D eigenvalue weighted by atomic mass is 10.4. The summed E-state index contributed by atoms with van der Waals surface area (Å²) >= 11 is 3.38. The number of methoxy groups -OCH3 is 1. The third-order valence-electron chi connectivity index (χ3n) is 1.59. The normalized spacial score (nSPS) is 9.38. The average molecular weight is 323 g/mol. The lowest BCUT2D eigenvalue weighted by Gasteiger charge is -2.00. The van der Waals surface area contributed by atoms with Gasteiger partial charge in [0.15, 0.2) is 0 Å². The number of halogens is 1. The maximum Gasteiger partial charge on any atom is 0.306 e. The molecule has 0 N–H and O–H groups in total. The molecule has 0 spiro atoms. The molecule has 0 saturated heterocycles. The van der Waals surface area contributed by atoms with Crippen molar-refractivity contribution < 1.29 is 9.53 Å². The van der Waals surface area contributed by atoms with Crippen LogP contribution in [0.3, 0.4) is 0 Å². The molecule has 1 rings (SSSR count). The van der Waals surface area contributed by atoms with Crippen molar-refractivity contribution in [1.29, 1.82) is 0 Å². The van der Waals surface area contributed by atoms with Gasteiger partial charge in [0, 0.05) is 15.1 Å². The summed E-state index contributed by atoms with van der Waals surface area (Å²) in [5.41, 5.74) is 0. The van der Waals surface area contributed by atoms with Crippen molar-refractivity contribution in [3.63, 3.8) is 0 Å². The zero-order chi connectivity index (χ0) is 11.1. The maximum atomic E-state index is 10.8. The van der Waals surface area contributed by atoms with Gasteiger partial charge in [-0.05, 0) is 24.3 Å². The molecule has 0 fully saturated rings. The Morgan fingerprint density at radius 1 is 1.38 bits per heavy atom. The molecule has 0 radical (unpaired) electrons. The van der Waals surface area contributed by atoms with E-state index in [9.17, 15) is 4.79 Å². The molecular weight excluding hydrogens is 308 g/mol. The van der Waals surface area contributed by atoms with E-state index in [2.05, 4.69) is 20.7 Å². The Morgan fingerprint density at radius 3 is 2.56 bits per heavy atom. The van der Waals surface area contributed by atoms with Gasteiger partial charge in [0.2, 0.25) is 0 Å². The number of esters is 1. The van der Waals surface area contributed by atoms with Gasteiger partial charge in [0.05, 0.1) is 13.5 Å². The molecule has 0 atom stereocenters. The van der Waals surface area contributed by atoms with Gasteiger partial charge in [0.1, 0.15) is 0 Å². The molecule has 2 nitrogen and oxygen atoms in total. The van der Waals surface area contributed by atoms with Crippen LogP contribution < -0.4 is 0 Å². The van der Waals surface area contributed by atoms with Gasteiger partial charge in [-0.15, -0.1) is 0 Å². The first-order valence-electron chi connectivity index (χ1n) is 4.34. The van der Waals surface area contributed by atoms with Crippen LogP contribution >= 0.6 is 37.5 Å². The molecule has 0 unspecified atom stereocenters. The Hall–Kier alpha value is -0.130. The number of carbonyl (C=O) groups excluding carboxylic acids is 1. The van der Waals surface area contributed by atoms with Crippen LogP contribution in [0.25, 0.3) is 0 Å². The topological polar surface area (TPSA) is 26.3 Å². The van der Waals surface area contributed by atoms with Crippen LogP contribution in [0.5, 0.6) is 0 Å². The number of rotatable bonds is 5. The number of hydrogen-bond donors (Lipinski definition) is 0. The molecule has 5 heteroatoms. The molecule has 0 heterocycles. The van der Waals surface area contributed by atoms with E-state index in [-0.39, 0.29) is 13.4 Å². The SMILES string of the molecule is C.COC(=O)CCSSc1ccc(Br)cc1. The Kier molecular flexibility index (Phi) is 8.89. The molecule has 0 aliphatic rings. The summed E-state index contributed by atoms with van der Waals surface area (Å²) in [6.45, 7) is 0. The van der Waals surface area contributed by atoms with Crippen molar-refractivity contribution in [2.45, 2.75) is 18.7 Å². The predicted octanol–water partition coefficient (Wildman–Crippen LogP) is 4.39. The Balaban J connectivity index is 0.00000225. The monoisotopic (exact) mass is 322 g/mol. The summed E-state index contributed by atoms with van der Waals surface area (Å²) in [6, 6.07) is 8.09. The minimum atomic E-state index is -0.154. The summed E-state index contributed by atoms with van der Waals surface area (Å²) in [6.07, 6.45) is 0.463. The zero-order valence-corrected chi connectivity index (χ0v) is 11.5. The van der Waals surface area contributed by atoms with Gasteiger partial charge in [0.25, 0.3) is 0 Å². The highest BCUT2D eigenvalue weighted by Crippen LogP contribution is 2.31. The molecular formula is C11H15BrO2S2. The molecule has 1 aromatic rings. The molecule has 0 aliphatic heterocycles. The Bertz CT molecular complexity index is 314. The number of hydrogen-bond acceptors (Lipinski definition) is 4. The molecule has 0 amide bonds. The fourth-order valence-electron chi connectivity index (χ4n) is 0.827. The molecule has 16 heavy (non-hydrogen) atoms. The van der Waals surface area contributed by atoms with E-state index in [1.54, 1.807) is 21.6 Å². The summed E-state index contributed by atoms with van der Waals surface area (Å²) in [7, 11) is 4.74. The number of benzene rings is 1. The second-order valence-corrected chi connectivity index (χ2v) is 6.09. The van der Waals surface area contributed by atoms with Crippen LogP contribution in [0.15, 0.2) is 33.6 Å². The van der Waals surface area contributed by atoms with Crippen molar-refractivity contribution in [3.05, 3.63) is 28.7 Å². The third kappa shape index (κ3) is 6.45. The van der Waals surface area contributed by atoms with Crippen LogP contribution in [0.1, 0.15) is 13.8 Å². The minimum Gasteiger partial charge on any atom is -0.469 e. The van der Waals surface area contributed by atoms with Gasteiger partial charge >= 0.3 is 5.97 Å².